The van der Waals surface area contributed by atoms with Gasteiger partial charge in [0.2, 0.25) is 0 Å². The molecule has 0 aliphatic heterocycles. The number of thiazole rings is 1. The number of nitrogens with zero attached hydrogens (tertiary/aromatic N) is 1. The van der Waals surface area contributed by atoms with Crippen LogP contribution in [0.3, 0.4) is 0 Å². The van der Waals surface area contributed by atoms with Crippen LogP contribution in [-0.4, -0.2) is 12.0 Å². The second kappa shape index (κ2) is 4.43. The molecule has 0 spiro atoms. The molecule has 1 aromatic carbocycles. The van der Waals surface area contributed by atoms with Crippen molar-refractivity contribution in [3.63, 3.8) is 0 Å². The summed E-state index contributed by atoms with van der Waals surface area (Å²) >= 11 is 1.93. The van der Waals surface area contributed by atoms with Crippen LogP contribution in [-0.2, 0) is 13.0 Å². The van der Waals surface area contributed by atoms with Gasteiger partial charge in [-0.2, -0.15) is 0 Å². The van der Waals surface area contributed by atoms with Crippen LogP contribution in [0.5, 0.6) is 0 Å². The number of aromatic nitrogens is 1. The summed E-state index contributed by atoms with van der Waals surface area (Å²) in [7, 11) is 2.02. The quantitative estimate of drug-likeness (QED) is 0.920. The lowest BCUT2D eigenvalue weighted by Gasteiger charge is -2.28. The summed E-state index contributed by atoms with van der Waals surface area (Å²) in [6.45, 7) is 0.970. The topological polar surface area (TPSA) is 24.9 Å². The summed E-state index contributed by atoms with van der Waals surface area (Å²) in [6, 6.07) is 8.79. The fraction of sp³-hybridized carbons (Fsp3) is 0.438. The fourth-order valence-electron chi connectivity index (χ4n) is 2.97. The van der Waals surface area contributed by atoms with E-state index in [1.807, 2.05) is 18.4 Å². The number of rotatable bonds is 4. The molecule has 2 aliphatic rings. The molecule has 2 aliphatic carbocycles. The van der Waals surface area contributed by atoms with E-state index in [9.17, 15) is 0 Å². The third-order valence-corrected chi connectivity index (χ3v) is 5.38. The third kappa shape index (κ3) is 1.92. The summed E-state index contributed by atoms with van der Waals surface area (Å²) in [5, 5.41) is 4.62. The van der Waals surface area contributed by atoms with Crippen molar-refractivity contribution in [2.75, 3.05) is 7.05 Å². The van der Waals surface area contributed by atoms with Gasteiger partial charge in [-0.05, 0) is 37.4 Å². The first kappa shape index (κ1) is 11.6. The first-order chi connectivity index (χ1) is 9.36. The lowest BCUT2D eigenvalue weighted by atomic mass is 9.78. The van der Waals surface area contributed by atoms with Gasteiger partial charge >= 0.3 is 0 Å². The average molecular weight is 270 g/mol. The molecular formula is C16H18N2S. The van der Waals surface area contributed by atoms with Crippen molar-refractivity contribution >= 4 is 11.3 Å². The molecular weight excluding hydrogens is 252 g/mol. The number of benzene rings is 1. The van der Waals surface area contributed by atoms with E-state index in [0.717, 1.165) is 12.5 Å². The third-order valence-electron chi connectivity index (χ3n) is 4.20. The summed E-state index contributed by atoms with van der Waals surface area (Å²) < 4.78 is 0. The zero-order valence-electron chi connectivity index (χ0n) is 11.1. The monoisotopic (exact) mass is 270 g/mol. The van der Waals surface area contributed by atoms with Crippen molar-refractivity contribution in [2.24, 2.45) is 0 Å². The van der Waals surface area contributed by atoms with E-state index < -0.39 is 0 Å². The van der Waals surface area contributed by atoms with Gasteiger partial charge in [-0.3, -0.25) is 0 Å². The van der Waals surface area contributed by atoms with E-state index in [2.05, 4.69) is 29.6 Å². The Bertz CT molecular complexity index is 613. The maximum absolute atomic E-state index is 4.99. The van der Waals surface area contributed by atoms with Crippen LogP contribution < -0.4 is 5.32 Å². The Morgan fingerprint density at radius 2 is 2.16 bits per heavy atom. The Kier molecular flexibility index (Phi) is 2.71. The van der Waals surface area contributed by atoms with E-state index >= 15 is 0 Å². The van der Waals surface area contributed by atoms with Gasteiger partial charge in [0.15, 0.2) is 0 Å². The molecule has 0 radical (unpaired) electrons. The Morgan fingerprint density at radius 1 is 1.32 bits per heavy atom. The highest BCUT2D eigenvalue weighted by Crippen LogP contribution is 2.47. The summed E-state index contributed by atoms with van der Waals surface area (Å²) in [4.78, 5) is 6.45. The maximum atomic E-state index is 4.99. The first-order valence-corrected chi connectivity index (χ1v) is 7.90. The van der Waals surface area contributed by atoms with Crippen LogP contribution in [0.1, 0.15) is 51.4 Å². The van der Waals surface area contributed by atoms with Crippen molar-refractivity contribution in [1.29, 1.82) is 0 Å². The van der Waals surface area contributed by atoms with E-state index in [-0.39, 0.29) is 0 Å². The van der Waals surface area contributed by atoms with Crippen molar-refractivity contribution in [3.05, 3.63) is 51.0 Å². The molecule has 1 atom stereocenters. The Morgan fingerprint density at radius 3 is 2.89 bits per heavy atom. The lowest BCUT2D eigenvalue weighted by molar-refractivity contribution is 0.698. The zero-order valence-corrected chi connectivity index (χ0v) is 12.0. The standard InChI is InChI=1S/C16H18N2S/c1-17-9-14-15(10-6-7-10)18-16(19-14)13-8-11-4-2-3-5-12(11)13/h2-5,10,13,17H,6-9H2,1H3. The zero-order chi connectivity index (χ0) is 12.8. The molecule has 1 unspecified atom stereocenters. The second-order valence-electron chi connectivity index (χ2n) is 5.62. The molecule has 0 amide bonds. The Balaban J connectivity index is 1.67. The fourth-order valence-corrected chi connectivity index (χ4v) is 4.26. The summed E-state index contributed by atoms with van der Waals surface area (Å²) in [5.41, 5.74) is 4.39. The molecule has 19 heavy (non-hydrogen) atoms. The van der Waals surface area contributed by atoms with Gasteiger partial charge in [-0.1, -0.05) is 24.3 Å². The normalized spacial score (nSPS) is 21.0. The average Bonchev–Trinajstić information content (AvgIpc) is 3.15. The largest absolute Gasteiger partial charge is 0.315 e. The maximum Gasteiger partial charge on any atom is 0.101 e. The molecule has 0 saturated heterocycles. The molecule has 4 rings (SSSR count). The Hall–Kier alpha value is -1.19. The molecule has 1 N–H and O–H groups in total. The van der Waals surface area contributed by atoms with Crippen molar-refractivity contribution in [1.82, 2.24) is 10.3 Å². The van der Waals surface area contributed by atoms with Gasteiger partial charge in [-0.15, -0.1) is 11.3 Å². The molecule has 1 aromatic heterocycles. The first-order valence-electron chi connectivity index (χ1n) is 7.08. The van der Waals surface area contributed by atoms with Crippen LogP contribution in [0.4, 0.5) is 0 Å². The highest BCUT2D eigenvalue weighted by atomic mass is 32.1. The van der Waals surface area contributed by atoms with Crippen LogP contribution >= 0.6 is 11.3 Å². The van der Waals surface area contributed by atoms with Gasteiger partial charge in [0.05, 0.1) is 5.69 Å². The van der Waals surface area contributed by atoms with Crippen LogP contribution in [0.15, 0.2) is 24.3 Å². The van der Waals surface area contributed by atoms with Crippen molar-refractivity contribution in [3.8, 4) is 0 Å². The van der Waals surface area contributed by atoms with Gasteiger partial charge in [0, 0.05) is 23.3 Å². The number of hydrogen-bond donors (Lipinski definition) is 1. The van der Waals surface area contributed by atoms with Gasteiger partial charge in [-0.25, -0.2) is 4.98 Å². The molecule has 1 heterocycles. The summed E-state index contributed by atoms with van der Waals surface area (Å²) in [5.74, 6) is 1.31. The minimum Gasteiger partial charge on any atom is -0.315 e. The predicted octanol–water partition coefficient (Wildman–Crippen LogP) is 3.43. The molecule has 1 saturated carbocycles. The van der Waals surface area contributed by atoms with Gasteiger partial charge < -0.3 is 5.32 Å². The predicted molar refractivity (Wildman–Crippen MR) is 78.8 cm³/mol. The molecule has 0 bridgehead atoms. The minimum atomic E-state index is 0.560. The van der Waals surface area contributed by atoms with Gasteiger partial charge in [0.1, 0.15) is 5.01 Å². The summed E-state index contributed by atoms with van der Waals surface area (Å²) in [6.07, 6.45) is 3.84. The van der Waals surface area contributed by atoms with Crippen LogP contribution in [0.2, 0.25) is 0 Å². The molecule has 98 valence electrons. The molecule has 2 nitrogen and oxygen atoms in total. The smallest absolute Gasteiger partial charge is 0.101 e. The van der Waals surface area contributed by atoms with Crippen LogP contribution in [0, 0.1) is 0 Å². The van der Waals surface area contributed by atoms with E-state index in [4.69, 9.17) is 4.98 Å². The van der Waals surface area contributed by atoms with E-state index in [1.54, 1.807) is 0 Å². The lowest BCUT2D eigenvalue weighted by Crippen LogP contribution is -2.17. The highest BCUT2D eigenvalue weighted by Gasteiger charge is 2.34. The Labute approximate surface area is 117 Å². The minimum absolute atomic E-state index is 0.560. The highest BCUT2D eigenvalue weighted by molar-refractivity contribution is 7.11. The molecule has 3 heteroatoms. The van der Waals surface area contributed by atoms with Gasteiger partial charge in [0.25, 0.3) is 0 Å². The molecule has 1 fully saturated rings. The second-order valence-corrected chi connectivity index (χ2v) is 6.74. The van der Waals surface area contributed by atoms with Crippen molar-refractivity contribution in [2.45, 2.75) is 37.6 Å². The SMILES string of the molecule is CNCc1sc(C2Cc3ccccc32)nc1C1CC1. The number of fused-ring (bicyclic) bond motifs is 1. The molecule has 2 aromatic rings. The van der Waals surface area contributed by atoms with Crippen LogP contribution in [0.25, 0.3) is 0 Å². The number of nitrogens with one attached hydrogen (secondary N) is 1. The van der Waals surface area contributed by atoms with Crippen molar-refractivity contribution < 1.29 is 0 Å². The van der Waals surface area contributed by atoms with E-state index in [1.165, 1.54) is 46.0 Å². The van der Waals surface area contributed by atoms with E-state index in [0.29, 0.717) is 5.92 Å². The number of hydrogen-bond acceptors (Lipinski definition) is 3.